The van der Waals surface area contributed by atoms with Crippen LogP contribution in [0.3, 0.4) is 0 Å². The van der Waals surface area contributed by atoms with Crippen molar-refractivity contribution in [2.75, 3.05) is 6.26 Å². The van der Waals surface area contributed by atoms with Gasteiger partial charge in [-0.2, -0.15) is 5.26 Å². The molecule has 1 aromatic heterocycles. The van der Waals surface area contributed by atoms with Gasteiger partial charge in [-0.3, -0.25) is 9.78 Å². The lowest BCUT2D eigenvalue weighted by Crippen LogP contribution is -2.30. The lowest BCUT2D eigenvalue weighted by molar-refractivity contribution is -0.116. The van der Waals surface area contributed by atoms with E-state index >= 15 is 0 Å². The number of hydrogen-bond donors (Lipinski definition) is 1. The predicted octanol–water partition coefficient (Wildman–Crippen LogP) is 6.00. The summed E-state index contributed by atoms with van der Waals surface area (Å²) in [6.45, 7) is 5.64. The van der Waals surface area contributed by atoms with Gasteiger partial charge in [0, 0.05) is 35.0 Å². The molecule has 0 saturated carbocycles. The SMILES string of the molecule is CC(C)NC(=O)/C(=C/c1cccc(-c2cc(C(C)C#N)cc3cccnc23)c1)c1ccc(S(C)(=O)=O)cc1. The summed E-state index contributed by atoms with van der Waals surface area (Å²) in [4.78, 5) is 18.0. The number of nitrogens with one attached hydrogen (secondary N) is 1. The number of amides is 1. The van der Waals surface area contributed by atoms with Gasteiger partial charge < -0.3 is 5.32 Å². The molecule has 1 N–H and O–H groups in total. The predicted molar refractivity (Wildman–Crippen MR) is 152 cm³/mol. The molecular formula is C31H29N3O3S. The van der Waals surface area contributed by atoms with E-state index in [-0.39, 0.29) is 22.8 Å². The van der Waals surface area contributed by atoms with Crippen molar-refractivity contribution < 1.29 is 13.2 Å². The smallest absolute Gasteiger partial charge is 0.252 e. The molecule has 1 unspecified atom stereocenters. The van der Waals surface area contributed by atoms with Crippen LogP contribution in [-0.2, 0) is 14.6 Å². The summed E-state index contributed by atoms with van der Waals surface area (Å²) in [7, 11) is -3.36. The molecule has 0 fully saturated rings. The Bertz CT molecular complexity index is 1680. The van der Waals surface area contributed by atoms with Crippen LogP contribution in [0, 0.1) is 11.3 Å². The molecule has 1 amide bonds. The van der Waals surface area contributed by atoms with Gasteiger partial charge in [-0.15, -0.1) is 0 Å². The van der Waals surface area contributed by atoms with Gasteiger partial charge in [0.25, 0.3) is 5.91 Å². The first-order chi connectivity index (χ1) is 18.1. The monoisotopic (exact) mass is 523 g/mol. The zero-order valence-electron chi connectivity index (χ0n) is 21.8. The minimum Gasteiger partial charge on any atom is -0.350 e. The summed E-state index contributed by atoms with van der Waals surface area (Å²) in [5.74, 6) is -0.530. The van der Waals surface area contributed by atoms with Gasteiger partial charge >= 0.3 is 0 Å². The first-order valence-corrected chi connectivity index (χ1v) is 14.2. The van der Waals surface area contributed by atoms with Crippen molar-refractivity contribution in [1.29, 1.82) is 5.26 Å². The fourth-order valence-electron chi connectivity index (χ4n) is 4.22. The second-order valence-corrected chi connectivity index (χ2v) is 11.6. The standard InChI is InChI=1S/C31H29N3O3S/c1-20(2)34-31(35)29(23-10-12-27(13-11-23)38(4,36)37)16-22-7-5-8-24(15-22)28-18-26(21(3)19-32)17-25-9-6-14-33-30(25)28/h5-18,20-21H,1-4H3,(H,34,35)/b29-16+. The van der Waals surface area contributed by atoms with Crippen LogP contribution in [0.5, 0.6) is 0 Å². The highest BCUT2D eigenvalue weighted by atomic mass is 32.2. The third-order valence-electron chi connectivity index (χ3n) is 6.19. The lowest BCUT2D eigenvalue weighted by Gasteiger charge is -2.14. The molecule has 1 atom stereocenters. The summed E-state index contributed by atoms with van der Waals surface area (Å²) in [5, 5.41) is 13.4. The molecule has 0 aliphatic heterocycles. The quantitative estimate of drug-likeness (QED) is 0.237. The van der Waals surface area contributed by atoms with E-state index in [4.69, 9.17) is 0 Å². The number of carbonyl (C=O) groups is 1. The summed E-state index contributed by atoms with van der Waals surface area (Å²) >= 11 is 0. The molecule has 0 aliphatic rings. The number of nitrogens with zero attached hydrogens (tertiary/aromatic N) is 2. The molecule has 0 radical (unpaired) electrons. The van der Waals surface area contributed by atoms with Crippen molar-refractivity contribution >= 4 is 38.3 Å². The van der Waals surface area contributed by atoms with Crippen LogP contribution in [0.15, 0.2) is 83.9 Å². The van der Waals surface area contributed by atoms with E-state index in [1.165, 1.54) is 12.1 Å². The normalized spacial score (nSPS) is 12.8. The zero-order valence-corrected chi connectivity index (χ0v) is 22.6. The molecule has 0 saturated heterocycles. The van der Waals surface area contributed by atoms with E-state index in [0.29, 0.717) is 11.1 Å². The summed E-state index contributed by atoms with van der Waals surface area (Å²) in [5.41, 5.74) is 5.38. The molecule has 0 spiro atoms. The van der Waals surface area contributed by atoms with Crippen LogP contribution in [0.2, 0.25) is 0 Å². The fourth-order valence-corrected chi connectivity index (χ4v) is 4.85. The van der Waals surface area contributed by atoms with E-state index in [1.807, 2.05) is 69.3 Å². The number of carbonyl (C=O) groups excluding carboxylic acids is 1. The van der Waals surface area contributed by atoms with Gasteiger partial charge in [0.2, 0.25) is 0 Å². The Kier molecular flexibility index (Phi) is 7.75. The molecule has 0 aliphatic carbocycles. The average molecular weight is 524 g/mol. The largest absolute Gasteiger partial charge is 0.350 e. The summed E-state index contributed by atoms with van der Waals surface area (Å²) in [6, 6.07) is 24.2. The van der Waals surface area contributed by atoms with Gasteiger partial charge in [0.15, 0.2) is 9.84 Å². The van der Waals surface area contributed by atoms with Gasteiger partial charge in [0.1, 0.15) is 0 Å². The topological polar surface area (TPSA) is 99.9 Å². The Balaban J connectivity index is 1.85. The second kappa shape index (κ2) is 11.0. The van der Waals surface area contributed by atoms with Crippen molar-refractivity contribution in [3.8, 4) is 17.2 Å². The van der Waals surface area contributed by atoms with E-state index in [2.05, 4.69) is 16.4 Å². The Morgan fingerprint density at radius 1 is 1.00 bits per heavy atom. The number of hydrogen-bond acceptors (Lipinski definition) is 5. The number of rotatable bonds is 7. The molecule has 192 valence electrons. The second-order valence-electron chi connectivity index (χ2n) is 9.60. The van der Waals surface area contributed by atoms with Crippen molar-refractivity contribution in [2.24, 2.45) is 0 Å². The maximum Gasteiger partial charge on any atom is 0.252 e. The Hall–Kier alpha value is -4.28. The Morgan fingerprint density at radius 3 is 2.39 bits per heavy atom. The molecular weight excluding hydrogens is 494 g/mol. The summed E-state index contributed by atoms with van der Waals surface area (Å²) < 4.78 is 23.8. The maximum absolute atomic E-state index is 13.2. The minimum absolute atomic E-state index is 0.0742. The molecule has 0 bridgehead atoms. The van der Waals surface area contributed by atoms with Gasteiger partial charge in [0.05, 0.1) is 22.4 Å². The number of fused-ring (bicyclic) bond motifs is 1. The van der Waals surface area contributed by atoms with E-state index in [1.54, 1.807) is 24.4 Å². The van der Waals surface area contributed by atoms with Crippen LogP contribution in [-0.4, -0.2) is 31.6 Å². The van der Waals surface area contributed by atoms with Crippen molar-refractivity contribution in [3.63, 3.8) is 0 Å². The number of benzene rings is 3. The third kappa shape index (κ3) is 5.99. The highest BCUT2D eigenvalue weighted by Gasteiger charge is 2.16. The molecule has 7 heteroatoms. The van der Waals surface area contributed by atoms with E-state index < -0.39 is 9.84 Å². The summed E-state index contributed by atoms with van der Waals surface area (Å²) in [6.07, 6.45) is 4.70. The van der Waals surface area contributed by atoms with Gasteiger partial charge in [-0.1, -0.05) is 36.4 Å². The van der Waals surface area contributed by atoms with Crippen molar-refractivity contribution in [3.05, 3.63) is 95.7 Å². The first-order valence-electron chi connectivity index (χ1n) is 12.3. The fraction of sp³-hybridized carbons (Fsp3) is 0.194. The average Bonchev–Trinajstić information content (AvgIpc) is 2.90. The number of pyridine rings is 1. The molecule has 6 nitrogen and oxygen atoms in total. The minimum atomic E-state index is -3.36. The zero-order chi connectivity index (χ0) is 27.4. The van der Waals surface area contributed by atoms with E-state index in [9.17, 15) is 18.5 Å². The molecule has 4 rings (SSSR count). The van der Waals surface area contributed by atoms with Crippen LogP contribution in [0.25, 0.3) is 33.7 Å². The van der Waals surface area contributed by atoms with Crippen LogP contribution >= 0.6 is 0 Å². The van der Waals surface area contributed by atoms with Crippen molar-refractivity contribution in [2.45, 2.75) is 37.6 Å². The number of aromatic nitrogens is 1. The Labute approximate surface area is 223 Å². The molecule has 4 aromatic rings. The molecule has 38 heavy (non-hydrogen) atoms. The Morgan fingerprint density at radius 2 is 1.74 bits per heavy atom. The number of sulfone groups is 1. The molecule has 3 aromatic carbocycles. The first kappa shape index (κ1) is 26.8. The third-order valence-corrected chi connectivity index (χ3v) is 7.32. The van der Waals surface area contributed by atoms with Gasteiger partial charge in [-0.05, 0) is 85.5 Å². The maximum atomic E-state index is 13.2. The highest BCUT2D eigenvalue weighted by Crippen LogP contribution is 2.32. The highest BCUT2D eigenvalue weighted by molar-refractivity contribution is 7.90. The lowest BCUT2D eigenvalue weighted by atomic mass is 9.93. The van der Waals surface area contributed by atoms with E-state index in [0.717, 1.165) is 39.4 Å². The number of nitriles is 1. The van der Waals surface area contributed by atoms with Gasteiger partial charge in [-0.25, -0.2) is 8.42 Å². The molecule has 1 heterocycles. The van der Waals surface area contributed by atoms with Crippen LogP contribution in [0.4, 0.5) is 0 Å². The van der Waals surface area contributed by atoms with Crippen molar-refractivity contribution in [1.82, 2.24) is 10.3 Å². The van der Waals surface area contributed by atoms with Crippen LogP contribution in [0.1, 0.15) is 43.4 Å². The van der Waals surface area contributed by atoms with Crippen LogP contribution < -0.4 is 5.32 Å².